The molecule has 0 radical (unpaired) electrons. The van der Waals surface area contributed by atoms with Crippen LogP contribution in [0, 0.1) is 0 Å². The Morgan fingerprint density at radius 1 is 0.358 bits per heavy atom. The van der Waals surface area contributed by atoms with Crippen molar-refractivity contribution in [2.24, 2.45) is 0 Å². The Morgan fingerprint density at radius 2 is 0.925 bits per heavy atom. The molecule has 0 aliphatic rings. The van der Waals surface area contributed by atoms with Crippen LogP contribution in [0.1, 0.15) is 0 Å². The molecule has 0 aliphatic heterocycles. The van der Waals surface area contributed by atoms with E-state index in [4.69, 9.17) is 9.97 Å². The number of para-hydroxylation sites is 1. The predicted molar refractivity (Wildman–Crippen MR) is 223 cm³/mol. The van der Waals surface area contributed by atoms with E-state index in [1.54, 1.807) is 0 Å². The van der Waals surface area contributed by atoms with E-state index in [1.807, 2.05) is 12.3 Å². The van der Waals surface area contributed by atoms with Gasteiger partial charge in [-0.3, -0.25) is 4.98 Å². The standard InChI is InChI=1S/C50H33N3/c1-3-12-34(13-4-1)36-21-26-39(27-22-36)53(40-28-23-37(24-29-40)35-14-5-2-6-15-35)47-32-31-43(41-17-7-8-18-42(41)47)48-44-19-9-10-20-46(44)52-50-45(48)30-25-38-16-11-33-51-49(38)50/h1-33H. The summed E-state index contributed by atoms with van der Waals surface area (Å²) in [7, 11) is 0. The lowest BCUT2D eigenvalue weighted by atomic mass is 9.91. The van der Waals surface area contributed by atoms with E-state index in [9.17, 15) is 0 Å². The van der Waals surface area contributed by atoms with E-state index >= 15 is 0 Å². The molecule has 0 saturated heterocycles. The quantitative estimate of drug-likeness (QED) is 0.130. The minimum absolute atomic E-state index is 0.919. The van der Waals surface area contributed by atoms with E-state index in [1.165, 1.54) is 38.8 Å². The van der Waals surface area contributed by atoms with Crippen LogP contribution in [0.3, 0.4) is 0 Å². The molecule has 3 nitrogen and oxygen atoms in total. The van der Waals surface area contributed by atoms with E-state index in [0.29, 0.717) is 0 Å². The number of anilines is 3. The van der Waals surface area contributed by atoms with Crippen molar-refractivity contribution < 1.29 is 0 Å². The molecule has 10 rings (SSSR count). The molecule has 0 spiro atoms. The van der Waals surface area contributed by atoms with Crippen LogP contribution in [0.4, 0.5) is 17.1 Å². The van der Waals surface area contributed by atoms with Gasteiger partial charge >= 0.3 is 0 Å². The largest absolute Gasteiger partial charge is 0.310 e. The Bertz CT molecular complexity index is 2840. The van der Waals surface area contributed by atoms with Gasteiger partial charge in [-0.2, -0.15) is 0 Å². The summed E-state index contributed by atoms with van der Waals surface area (Å²) in [5.41, 5.74) is 13.2. The topological polar surface area (TPSA) is 29.0 Å². The third-order valence-corrected chi connectivity index (χ3v) is 10.3. The predicted octanol–water partition coefficient (Wildman–Crippen LogP) is 13.6. The monoisotopic (exact) mass is 675 g/mol. The normalized spacial score (nSPS) is 11.4. The third kappa shape index (κ3) is 5.38. The number of benzene rings is 8. The zero-order valence-electron chi connectivity index (χ0n) is 28.9. The van der Waals surface area contributed by atoms with Crippen molar-refractivity contribution in [2.45, 2.75) is 0 Å². The second-order valence-corrected chi connectivity index (χ2v) is 13.4. The zero-order chi connectivity index (χ0) is 35.1. The molecule has 248 valence electrons. The summed E-state index contributed by atoms with van der Waals surface area (Å²) in [6.07, 6.45) is 1.86. The maximum absolute atomic E-state index is 5.18. The highest BCUT2D eigenvalue weighted by Crippen LogP contribution is 2.45. The van der Waals surface area contributed by atoms with Gasteiger partial charge in [0, 0.05) is 44.7 Å². The molecule has 0 unspecified atom stereocenters. The van der Waals surface area contributed by atoms with Gasteiger partial charge in [0.2, 0.25) is 0 Å². The summed E-state index contributed by atoms with van der Waals surface area (Å²) in [5.74, 6) is 0. The van der Waals surface area contributed by atoms with Gasteiger partial charge < -0.3 is 4.90 Å². The Kier molecular flexibility index (Phi) is 7.47. The number of pyridine rings is 2. The van der Waals surface area contributed by atoms with Gasteiger partial charge in [0.1, 0.15) is 0 Å². The molecule has 0 N–H and O–H groups in total. The van der Waals surface area contributed by atoms with E-state index in [0.717, 1.165) is 55.2 Å². The summed E-state index contributed by atoms with van der Waals surface area (Å²) in [5, 5.41) is 5.64. The van der Waals surface area contributed by atoms with Crippen LogP contribution in [0.5, 0.6) is 0 Å². The van der Waals surface area contributed by atoms with E-state index in [-0.39, 0.29) is 0 Å². The lowest BCUT2D eigenvalue weighted by molar-refractivity contribution is 1.30. The first-order valence-corrected chi connectivity index (χ1v) is 18.0. The molecule has 0 saturated carbocycles. The van der Waals surface area contributed by atoms with Crippen molar-refractivity contribution >= 4 is 60.5 Å². The Labute approximate surface area is 308 Å². The average molecular weight is 676 g/mol. The second kappa shape index (κ2) is 12.9. The molecule has 0 bridgehead atoms. The summed E-state index contributed by atoms with van der Waals surface area (Å²) in [6.45, 7) is 0. The van der Waals surface area contributed by atoms with Crippen LogP contribution < -0.4 is 4.90 Å². The van der Waals surface area contributed by atoms with Gasteiger partial charge in [-0.05, 0) is 75.7 Å². The number of fused-ring (bicyclic) bond motifs is 5. The Balaban J connectivity index is 1.19. The van der Waals surface area contributed by atoms with Crippen LogP contribution in [0.25, 0.3) is 76.9 Å². The number of rotatable bonds is 6. The summed E-state index contributed by atoms with van der Waals surface area (Å²) in [4.78, 5) is 12.4. The Hall–Kier alpha value is -7.10. The lowest BCUT2D eigenvalue weighted by Crippen LogP contribution is -2.10. The van der Waals surface area contributed by atoms with E-state index in [2.05, 4.69) is 193 Å². The minimum Gasteiger partial charge on any atom is -0.310 e. The van der Waals surface area contributed by atoms with Crippen molar-refractivity contribution in [1.29, 1.82) is 0 Å². The van der Waals surface area contributed by atoms with Crippen molar-refractivity contribution in [1.82, 2.24) is 9.97 Å². The molecule has 0 atom stereocenters. The molecule has 10 aromatic rings. The van der Waals surface area contributed by atoms with Crippen LogP contribution in [0.15, 0.2) is 200 Å². The SMILES string of the molecule is c1ccc(-c2ccc(N(c3ccc(-c4ccccc4)cc3)c3ccc(-c4c5ccccc5nc5c4ccc4cccnc45)c4ccccc34)cc2)cc1. The number of nitrogens with zero attached hydrogens (tertiary/aromatic N) is 3. The molecule has 3 heteroatoms. The van der Waals surface area contributed by atoms with Crippen molar-refractivity contribution in [3.63, 3.8) is 0 Å². The molecular formula is C50H33N3. The molecule has 53 heavy (non-hydrogen) atoms. The fourth-order valence-electron chi connectivity index (χ4n) is 7.77. The van der Waals surface area contributed by atoms with Crippen LogP contribution in [-0.4, -0.2) is 9.97 Å². The molecule has 0 amide bonds. The van der Waals surface area contributed by atoms with Crippen molar-refractivity contribution in [2.75, 3.05) is 4.90 Å². The number of hydrogen-bond acceptors (Lipinski definition) is 3. The van der Waals surface area contributed by atoms with Gasteiger partial charge in [0.05, 0.1) is 22.2 Å². The minimum atomic E-state index is 0.919. The first kappa shape index (κ1) is 30.7. The molecule has 2 heterocycles. The van der Waals surface area contributed by atoms with E-state index < -0.39 is 0 Å². The van der Waals surface area contributed by atoms with Gasteiger partial charge in [-0.15, -0.1) is 0 Å². The van der Waals surface area contributed by atoms with Crippen LogP contribution in [0.2, 0.25) is 0 Å². The summed E-state index contributed by atoms with van der Waals surface area (Å²) >= 11 is 0. The highest BCUT2D eigenvalue weighted by Gasteiger charge is 2.20. The van der Waals surface area contributed by atoms with Gasteiger partial charge in [0.25, 0.3) is 0 Å². The first-order chi connectivity index (χ1) is 26.3. The van der Waals surface area contributed by atoms with Crippen LogP contribution >= 0.6 is 0 Å². The average Bonchev–Trinajstić information content (AvgIpc) is 3.24. The molecular weight excluding hydrogens is 643 g/mol. The summed E-state index contributed by atoms with van der Waals surface area (Å²) < 4.78 is 0. The highest BCUT2D eigenvalue weighted by molar-refractivity contribution is 6.20. The number of hydrogen-bond donors (Lipinski definition) is 0. The second-order valence-electron chi connectivity index (χ2n) is 13.4. The van der Waals surface area contributed by atoms with Crippen molar-refractivity contribution in [3.05, 3.63) is 200 Å². The smallest absolute Gasteiger partial charge is 0.0978 e. The lowest BCUT2D eigenvalue weighted by Gasteiger charge is -2.28. The molecule has 0 fully saturated rings. The maximum Gasteiger partial charge on any atom is 0.0978 e. The van der Waals surface area contributed by atoms with Gasteiger partial charge in [0.15, 0.2) is 0 Å². The molecule has 2 aromatic heterocycles. The number of aromatic nitrogens is 2. The van der Waals surface area contributed by atoms with Crippen LogP contribution in [-0.2, 0) is 0 Å². The summed E-state index contributed by atoms with van der Waals surface area (Å²) in [6, 6.07) is 69.3. The maximum atomic E-state index is 5.18. The molecule has 0 aliphatic carbocycles. The third-order valence-electron chi connectivity index (χ3n) is 10.3. The first-order valence-electron chi connectivity index (χ1n) is 18.0. The zero-order valence-corrected chi connectivity index (χ0v) is 28.9. The fourth-order valence-corrected chi connectivity index (χ4v) is 7.77. The van der Waals surface area contributed by atoms with Crippen molar-refractivity contribution in [3.8, 4) is 33.4 Å². The van der Waals surface area contributed by atoms with Gasteiger partial charge in [-0.25, -0.2) is 4.98 Å². The highest BCUT2D eigenvalue weighted by atomic mass is 15.1. The fraction of sp³-hybridized carbons (Fsp3) is 0. The Morgan fingerprint density at radius 3 is 1.58 bits per heavy atom. The van der Waals surface area contributed by atoms with Gasteiger partial charge in [-0.1, -0.05) is 152 Å². The molecule has 8 aromatic carbocycles.